The molecule has 0 aromatic heterocycles. The molecular formula is C17H28BrIN4OS. The highest BCUT2D eigenvalue weighted by atomic mass is 127. The molecule has 1 aromatic carbocycles. The Labute approximate surface area is 180 Å². The van der Waals surface area contributed by atoms with Crippen LogP contribution >= 0.6 is 51.7 Å². The van der Waals surface area contributed by atoms with E-state index >= 15 is 0 Å². The summed E-state index contributed by atoms with van der Waals surface area (Å²) in [4.78, 5) is 16.6. The number of thioether (sulfide) groups is 1. The number of benzene rings is 1. The average Bonchev–Trinajstić information content (AvgIpc) is 2.57. The SMILES string of the molecule is CCNC(=NCC(C)(C)SC)NCCNC(=O)c1ccc(Br)cc1.I. The third-order valence-electron chi connectivity index (χ3n) is 3.32. The molecule has 0 saturated carbocycles. The second-order valence-electron chi connectivity index (χ2n) is 5.85. The molecule has 0 heterocycles. The minimum atomic E-state index is -0.0743. The molecule has 8 heteroatoms. The second-order valence-corrected chi connectivity index (χ2v) is 8.28. The van der Waals surface area contributed by atoms with Crippen molar-refractivity contribution in [1.82, 2.24) is 16.0 Å². The largest absolute Gasteiger partial charge is 0.357 e. The molecule has 0 aliphatic rings. The maximum absolute atomic E-state index is 12.0. The van der Waals surface area contributed by atoms with Crippen molar-refractivity contribution in [3.05, 3.63) is 34.3 Å². The van der Waals surface area contributed by atoms with Gasteiger partial charge in [0.2, 0.25) is 0 Å². The molecule has 25 heavy (non-hydrogen) atoms. The number of nitrogens with zero attached hydrogens (tertiary/aromatic N) is 1. The molecule has 0 fully saturated rings. The maximum atomic E-state index is 12.0. The Bertz CT molecular complexity index is 552. The Hall–Kier alpha value is -0.480. The van der Waals surface area contributed by atoms with Gasteiger partial charge < -0.3 is 16.0 Å². The standard InChI is InChI=1S/C17H27BrN4OS.HI/c1-5-19-16(22-12-17(2,3)24-4)21-11-10-20-15(23)13-6-8-14(18)9-7-13;/h6-9H,5,10-12H2,1-4H3,(H,20,23)(H2,19,21,22);1H. The average molecular weight is 543 g/mol. The van der Waals surface area contributed by atoms with Gasteiger partial charge in [-0.2, -0.15) is 11.8 Å². The first-order valence-corrected chi connectivity index (χ1v) is 10.0. The summed E-state index contributed by atoms with van der Waals surface area (Å²) in [7, 11) is 0. The van der Waals surface area contributed by atoms with Gasteiger partial charge in [-0.3, -0.25) is 9.79 Å². The molecule has 0 saturated heterocycles. The van der Waals surface area contributed by atoms with E-state index in [1.165, 1.54) is 0 Å². The molecule has 0 bridgehead atoms. The zero-order chi connectivity index (χ0) is 18.0. The summed E-state index contributed by atoms with van der Waals surface area (Å²) < 4.78 is 1.07. The summed E-state index contributed by atoms with van der Waals surface area (Å²) in [5.41, 5.74) is 0.653. The van der Waals surface area contributed by atoms with Gasteiger partial charge in [-0.05, 0) is 51.3 Å². The van der Waals surface area contributed by atoms with Crippen LogP contribution in [-0.2, 0) is 0 Å². The maximum Gasteiger partial charge on any atom is 0.251 e. The number of rotatable bonds is 8. The fraction of sp³-hybridized carbons (Fsp3) is 0.529. The lowest BCUT2D eigenvalue weighted by atomic mass is 10.2. The molecule has 1 rings (SSSR count). The van der Waals surface area contributed by atoms with Crippen molar-refractivity contribution in [1.29, 1.82) is 0 Å². The predicted octanol–water partition coefficient (Wildman–Crippen LogP) is 3.49. The van der Waals surface area contributed by atoms with Crippen molar-refractivity contribution in [3.8, 4) is 0 Å². The fourth-order valence-electron chi connectivity index (χ4n) is 1.74. The number of aliphatic imine (C=N–C) groups is 1. The summed E-state index contributed by atoms with van der Waals surface area (Å²) in [6.45, 7) is 9.06. The lowest BCUT2D eigenvalue weighted by Crippen LogP contribution is -2.42. The van der Waals surface area contributed by atoms with Crippen LogP contribution in [0.1, 0.15) is 31.1 Å². The molecule has 0 unspecified atom stereocenters. The Morgan fingerprint density at radius 1 is 1.16 bits per heavy atom. The number of carbonyl (C=O) groups is 1. The van der Waals surface area contributed by atoms with Gasteiger partial charge in [0.1, 0.15) is 0 Å². The zero-order valence-electron chi connectivity index (χ0n) is 15.2. The Morgan fingerprint density at radius 3 is 2.32 bits per heavy atom. The van der Waals surface area contributed by atoms with Crippen LogP contribution in [0.5, 0.6) is 0 Å². The minimum Gasteiger partial charge on any atom is -0.357 e. The normalized spacial score (nSPS) is 11.5. The summed E-state index contributed by atoms with van der Waals surface area (Å²) in [5.74, 6) is 0.701. The van der Waals surface area contributed by atoms with Crippen LogP contribution in [0.2, 0.25) is 0 Å². The molecule has 0 radical (unpaired) electrons. The number of guanidine groups is 1. The van der Waals surface area contributed by atoms with Crippen LogP contribution in [0.4, 0.5) is 0 Å². The van der Waals surface area contributed by atoms with Crippen LogP contribution in [-0.4, -0.2) is 49.0 Å². The first-order chi connectivity index (χ1) is 11.4. The number of amides is 1. The van der Waals surface area contributed by atoms with E-state index in [0.717, 1.165) is 23.5 Å². The van der Waals surface area contributed by atoms with E-state index < -0.39 is 0 Å². The molecular weight excluding hydrogens is 515 g/mol. The Balaban J connectivity index is 0.00000576. The van der Waals surface area contributed by atoms with Gasteiger partial charge in [0, 0.05) is 34.4 Å². The molecule has 5 nitrogen and oxygen atoms in total. The molecule has 3 N–H and O–H groups in total. The van der Waals surface area contributed by atoms with E-state index in [1.807, 2.05) is 19.1 Å². The van der Waals surface area contributed by atoms with Crippen LogP contribution in [0, 0.1) is 0 Å². The third-order valence-corrected chi connectivity index (χ3v) is 5.09. The van der Waals surface area contributed by atoms with Crippen molar-refractivity contribution in [2.45, 2.75) is 25.5 Å². The highest BCUT2D eigenvalue weighted by Gasteiger charge is 2.15. The summed E-state index contributed by atoms with van der Waals surface area (Å²) >= 11 is 5.15. The third kappa shape index (κ3) is 10.3. The first kappa shape index (κ1) is 24.5. The number of carbonyl (C=O) groups excluding carboxylic acids is 1. The fourth-order valence-corrected chi connectivity index (χ4v) is 2.19. The molecule has 142 valence electrons. The lowest BCUT2D eigenvalue weighted by Gasteiger charge is -2.20. The van der Waals surface area contributed by atoms with Gasteiger partial charge in [0.15, 0.2) is 5.96 Å². The van der Waals surface area contributed by atoms with Gasteiger partial charge in [-0.15, -0.1) is 24.0 Å². The summed E-state index contributed by atoms with van der Waals surface area (Å²) in [6.07, 6.45) is 2.09. The van der Waals surface area contributed by atoms with Crippen molar-refractivity contribution >= 4 is 63.5 Å². The topological polar surface area (TPSA) is 65.5 Å². The molecule has 1 aromatic rings. The van der Waals surface area contributed by atoms with Gasteiger partial charge in [-0.1, -0.05) is 15.9 Å². The molecule has 0 aliphatic carbocycles. The van der Waals surface area contributed by atoms with Crippen LogP contribution in [0.15, 0.2) is 33.7 Å². The van der Waals surface area contributed by atoms with Gasteiger partial charge in [-0.25, -0.2) is 0 Å². The van der Waals surface area contributed by atoms with E-state index in [-0.39, 0.29) is 34.6 Å². The minimum absolute atomic E-state index is 0. The van der Waals surface area contributed by atoms with E-state index in [4.69, 9.17) is 0 Å². The van der Waals surface area contributed by atoms with E-state index in [9.17, 15) is 4.79 Å². The number of nitrogens with one attached hydrogen (secondary N) is 3. The van der Waals surface area contributed by atoms with Crippen molar-refractivity contribution < 1.29 is 4.79 Å². The number of hydrogen-bond acceptors (Lipinski definition) is 3. The monoisotopic (exact) mass is 542 g/mol. The van der Waals surface area contributed by atoms with Gasteiger partial charge in [0.25, 0.3) is 5.91 Å². The highest BCUT2D eigenvalue weighted by Crippen LogP contribution is 2.20. The van der Waals surface area contributed by atoms with Crippen molar-refractivity contribution in [2.75, 3.05) is 32.4 Å². The number of hydrogen-bond donors (Lipinski definition) is 3. The summed E-state index contributed by atoms with van der Waals surface area (Å²) in [5, 5.41) is 9.35. The van der Waals surface area contributed by atoms with Crippen LogP contribution < -0.4 is 16.0 Å². The second kappa shape index (κ2) is 12.8. The zero-order valence-corrected chi connectivity index (χ0v) is 19.9. The Morgan fingerprint density at radius 2 is 1.76 bits per heavy atom. The number of halogens is 2. The van der Waals surface area contributed by atoms with E-state index in [1.54, 1.807) is 23.9 Å². The van der Waals surface area contributed by atoms with E-state index in [2.05, 4.69) is 57.0 Å². The van der Waals surface area contributed by atoms with E-state index in [0.29, 0.717) is 18.7 Å². The summed E-state index contributed by atoms with van der Waals surface area (Å²) in [6, 6.07) is 7.30. The van der Waals surface area contributed by atoms with Crippen molar-refractivity contribution in [3.63, 3.8) is 0 Å². The van der Waals surface area contributed by atoms with Gasteiger partial charge in [0.05, 0.1) is 6.54 Å². The molecule has 0 spiro atoms. The van der Waals surface area contributed by atoms with Crippen LogP contribution in [0.3, 0.4) is 0 Å². The molecule has 1 amide bonds. The first-order valence-electron chi connectivity index (χ1n) is 7.99. The Kier molecular flexibility index (Phi) is 12.6. The van der Waals surface area contributed by atoms with Gasteiger partial charge >= 0.3 is 0 Å². The van der Waals surface area contributed by atoms with Crippen LogP contribution in [0.25, 0.3) is 0 Å². The lowest BCUT2D eigenvalue weighted by molar-refractivity contribution is 0.0954. The highest BCUT2D eigenvalue weighted by molar-refractivity contribution is 14.0. The smallest absolute Gasteiger partial charge is 0.251 e. The predicted molar refractivity (Wildman–Crippen MR) is 123 cm³/mol. The molecule has 0 atom stereocenters. The quantitative estimate of drug-likeness (QED) is 0.204. The van der Waals surface area contributed by atoms with Crippen molar-refractivity contribution in [2.24, 2.45) is 4.99 Å². The molecule has 0 aliphatic heterocycles.